The van der Waals surface area contributed by atoms with Gasteiger partial charge in [0.05, 0.1) is 11.6 Å². The second-order valence-corrected chi connectivity index (χ2v) is 7.56. The van der Waals surface area contributed by atoms with Gasteiger partial charge in [0.15, 0.2) is 0 Å². The summed E-state index contributed by atoms with van der Waals surface area (Å²) in [6, 6.07) is 10.5. The molecule has 0 aliphatic carbocycles. The van der Waals surface area contributed by atoms with E-state index in [0.29, 0.717) is 19.2 Å². The number of carbonyl (C=O) groups is 1. The van der Waals surface area contributed by atoms with Crippen molar-refractivity contribution in [3.63, 3.8) is 0 Å². The minimum Gasteiger partial charge on any atom is -0.487 e. The molecule has 0 bridgehead atoms. The lowest BCUT2D eigenvalue weighted by molar-refractivity contribution is -0.144. The highest BCUT2D eigenvalue weighted by Crippen LogP contribution is 2.28. The van der Waals surface area contributed by atoms with Crippen molar-refractivity contribution in [1.82, 2.24) is 9.88 Å². The first-order valence-electron chi connectivity index (χ1n) is 9.53. The Morgan fingerprint density at radius 1 is 1.26 bits per heavy atom. The molecule has 1 saturated heterocycles. The fourth-order valence-corrected chi connectivity index (χ4v) is 3.82. The molecule has 1 aliphatic rings. The Bertz CT molecular complexity index is 768. The number of carboxylic acids is 1. The summed E-state index contributed by atoms with van der Waals surface area (Å²) in [7, 11) is 0. The molecule has 1 fully saturated rings. The smallest absolute Gasteiger partial charge is 0.307 e. The largest absolute Gasteiger partial charge is 0.487 e. The number of nitrogens with zero attached hydrogens (tertiary/aromatic N) is 2. The van der Waals surface area contributed by atoms with Crippen LogP contribution in [0.1, 0.15) is 42.1 Å². The van der Waals surface area contributed by atoms with Crippen molar-refractivity contribution in [3.8, 4) is 5.75 Å². The van der Waals surface area contributed by atoms with E-state index in [4.69, 9.17) is 4.74 Å². The first-order valence-corrected chi connectivity index (χ1v) is 9.53. The Kier molecular flexibility index (Phi) is 6.11. The Morgan fingerprint density at radius 3 is 2.63 bits per heavy atom. The van der Waals surface area contributed by atoms with Crippen molar-refractivity contribution >= 4 is 5.97 Å². The number of pyridine rings is 1. The van der Waals surface area contributed by atoms with Crippen molar-refractivity contribution < 1.29 is 14.6 Å². The predicted octanol–water partition coefficient (Wildman–Crippen LogP) is 3.96. The van der Waals surface area contributed by atoms with E-state index in [1.807, 2.05) is 18.2 Å². The highest BCUT2D eigenvalue weighted by atomic mass is 16.5. The molecule has 0 spiro atoms. The maximum atomic E-state index is 11.4. The van der Waals surface area contributed by atoms with Crippen LogP contribution in [-0.4, -0.2) is 33.5 Å². The maximum Gasteiger partial charge on any atom is 0.307 e. The Morgan fingerprint density at radius 2 is 2.00 bits per heavy atom. The molecule has 27 heavy (non-hydrogen) atoms. The minimum absolute atomic E-state index is 0.260. The van der Waals surface area contributed by atoms with Crippen LogP contribution in [0.25, 0.3) is 0 Å². The summed E-state index contributed by atoms with van der Waals surface area (Å²) < 4.78 is 6.01. The molecule has 0 amide bonds. The van der Waals surface area contributed by atoms with Crippen LogP contribution < -0.4 is 4.74 Å². The van der Waals surface area contributed by atoms with E-state index < -0.39 is 5.97 Å². The van der Waals surface area contributed by atoms with Gasteiger partial charge in [-0.05, 0) is 62.4 Å². The van der Waals surface area contributed by atoms with Crippen LogP contribution >= 0.6 is 0 Å². The number of ether oxygens (including phenoxy) is 1. The summed E-state index contributed by atoms with van der Waals surface area (Å²) >= 11 is 0. The lowest BCUT2D eigenvalue weighted by Crippen LogP contribution is -2.43. The number of rotatable bonds is 6. The molecule has 3 rings (SSSR count). The zero-order chi connectivity index (χ0) is 19.4. The molecule has 1 aromatic heterocycles. The lowest BCUT2D eigenvalue weighted by Gasteiger charge is -2.36. The van der Waals surface area contributed by atoms with E-state index in [9.17, 15) is 9.90 Å². The maximum absolute atomic E-state index is 11.4. The molecule has 1 N–H and O–H groups in total. The van der Waals surface area contributed by atoms with Gasteiger partial charge < -0.3 is 9.84 Å². The van der Waals surface area contributed by atoms with Gasteiger partial charge in [-0.2, -0.15) is 0 Å². The molecule has 2 unspecified atom stereocenters. The summed E-state index contributed by atoms with van der Waals surface area (Å²) in [5, 5.41) is 9.34. The first kappa shape index (κ1) is 19.4. The summed E-state index contributed by atoms with van der Waals surface area (Å²) in [4.78, 5) is 17.9. The molecule has 0 saturated carbocycles. The Hall–Kier alpha value is -2.40. The van der Waals surface area contributed by atoms with Crippen LogP contribution in [0.3, 0.4) is 0 Å². The summed E-state index contributed by atoms with van der Waals surface area (Å²) in [6.07, 6.45) is 3.47. The van der Waals surface area contributed by atoms with Crippen LogP contribution in [-0.2, 0) is 17.9 Å². The molecule has 2 aromatic rings. The third-order valence-corrected chi connectivity index (χ3v) is 5.36. The van der Waals surface area contributed by atoms with Crippen LogP contribution in [0, 0.1) is 19.8 Å². The highest BCUT2D eigenvalue weighted by Gasteiger charge is 2.29. The quantitative estimate of drug-likeness (QED) is 0.836. The molecule has 144 valence electrons. The van der Waals surface area contributed by atoms with Gasteiger partial charge in [-0.1, -0.05) is 18.2 Å². The fourth-order valence-electron chi connectivity index (χ4n) is 3.82. The standard InChI is InChI=1S/C22H28N2O3/c1-15-10-18(12-24-13-19(22(25)26)8-7-17(24)3)11-16(2)21(15)27-14-20-6-4-5-9-23-20/h4-6,9-11,17,19H,7-8,12-14H2,1-3H3,(H,25,26). The van der Waals surface area contributed by atoms with Gasteiger partial charge >= 0.3 is 5.97 Å². The van der Waals surface area contributed by atoms with E-state index in [0.717, 1.165) is 42.0 Å². The van der Waals surface area contributed by atoms with Crippen LogP contribution in [0.15, 0.2) is 36.5 Å². The number of aromatic nitrogens is 1. The average Bonchev–Trinajstić information content (AvgIpc) is 2.63. The molecule has 0 radical (unpaired) electrons. The second-order valence-electron chi connectivity index (χ2n) is 7.56. The first-order chi connectivity index (χ1) is 12.9. The van der Waals surface area contributed by atoms with E-state index in [-0.39, 0.29) is 5.92 Å². The van der Waals surface area contributed by atoms with E-state index in [1.165, 1.54) is 5.56 Å². The number of aliphatic carboxylic acids is 1. The molecule has 2 atom stereocenters. The number of aryl methyl sites for hydroxylation is 2. The third kappa shape index (κ3) is 4.86. The van der Waals surface area contributed by atoms with Crippen LogP contribution in [0.4, 0.5) is 0 Å². The molecule has 1 aliphatic heterocycles. The number of piperidine rings is 1. The van der Waals surface area contributed by atoms with E-state index in [2.05, 4.69) is 42.8 Å². The highest BCUT2D eigenvalue weighted by molar-refractivity contribution is 5.70. The minimum atomic E-state index is -0.683. The lowest BCUT2D eigenvalue weighted by atomic mass is 9.93. The third-order valence-electron chi connectivity index (χ3n) is 5.36. The van der Waals surface area contributed by atoms with Gasteiger partial charge in [0.1, 0.15) is 12.4 Å². The van der Waals surface area contributed by atoms with Crippen LogP contribution in [0.5, 0.6) is 5.75 Å². The van der Waals surface area contributed by atoms with Crippen molar-refractivity contribution in [3.05, 3.63) is 58.9 Å². The van der Waals surface area contributed by atoms with Gasteiger partial charge in [0, 0.05) is 25.3 Å². The SMILES string of the molecule is Cc1cc(CN2CC(C(=O)O)CCC2C)cc(C)c1OCc1ccccn1. The summed E-state index contributed by atoms with van der Waals surface area (Å²) in [6.45, 7) is 8.14. The van der Waals surface area contributed by atoms with Gasteiger partial charge in [-0.25, -0.2) is 0 Å². The Labute approximate surface area is 161 Å². The zero-order valence-corrected chi connectivity index (χ0v) is 16.3. The molecule has 1 aromatic carbocycles. The van der Waals surface area contributed by atoms with Gasteiger partial charge in [0.2, 0.25) is 0 Å². The Balaban J connectivity index is 1.69. The van der Waals surface area contributed by atoms with Crippen molar-refractivity contribution in [2.24, 2.45) is 5.92 Å². The predicted molar refractivity (Wildman–Crippen MR) is 105 cm³/mol. The number of likely N-dealkylation sites (tertiary alicyclic amines) is 1. The topological polar surface area (TPSA) is 62.7 Å². The molecule has 5 heteroatoms. The van der Waals surface area contributed by atoms with Crippen LogP contribution in [0.2, 0.25) is 0 Å². The monoisotopic (exact) mass is 368 g/mol. The van der Waals surface area contributed by atoms with Gasteiger partial charge in [0.25, 0.3) is 0 Å². The summed E-state index contributed by atoms with van der Waals surface area (Å²) in [5.74, 6) is -0.0404. The van der Waals surface area contributed by atoms with Crippen molar-refractivity contribution in [1.29, 1.82) is 0 Å². The average molecular weight is 368 g/mol. The van der Waals surface area contributed by atoms with Gasteiger partial charge in [-0.15, -0.1) is 0 Å². The van der Waals surface area contributed by atoms with Crippen molar-refractivity contribution in [2.75, 3.05) is 6.54 Å². The molecule has 5 nitrogen and oxygen atoms in total. The number of hydrogen-bond donors (Lipinski definition) is 1. The van der Waals surface area contributed by atoms with E-state index >= 15 is 0 Å². The van der Waals surface area contributed by atoms with Crippen molar-refractivity contribution in [2.45, 2.75) is 52.8 Å². The number of benzene rings is 1. The van der Waals surface area contributed by atoms with Gasteiger partial charge in [-0.3, -0.25) is 14.7 Å². The molecular formula is C22H28N2O3. The summed E-state index contributed by atoms with van der Waals surface area (Å²) in [5.41, 5.74) is 4.30. The van der Waals surface area contributed by atoms with E-state index in [1.54, 1.807) is 6.20 Å². The zero-order valence-electron chi connectivity index (χ0n) is 16.3. The number of carboxylic acid groups (broad SMARTS) is 1. The normalized spacial score (nSPS) is 20.4. The molecule has 2 heterocycles. The second kappa shape index (κ2) is 8.53. The molecular weight excluding hydrogens is 340 g/mol. The fraction of sp³-hybridized carbons (Fsp3) is 0.455. The number of hydrogen-bond acceptors (Lipinski definition) is 4.